The summed E-state index contributed by atoms with van der Waals surface area (Å²) in [6.45, 7) is 19.4. The average Bonchev–Trinajstić information content (AvgIpc) is 2.96. The Morgan fingerprint density at radius 2 is 1.68 bits per heavy atom. The molecule has 0 heterocycles. The molecule has 0 amide bonds. The van der Waals surface area contributed by atoms with Crippen LogP contribution in [0, 0.1) is 39.9 Å². The second-order valence-corrected chi connectivity index (χ2v) is 13.1. The van der Waals surface area contributed by atoms with Crippen molar-refractivity contribution in [1.82, 2.24) is 0 Å². The van der Waals surface area contributed by atoms with Crippen LogP contribution in [-0.2, 0) is 0 Å². The maximum absolute atomic E-state index is 10.6. The van der Waals surface area contributed by atoms with Crippen molar-refractivity contribution in [2.24, 2.45) is 39.9 Å². The Balaban J connectivity index is 1.83. The average molecular weight is 429 g/mol. The molecule has 3 aliphatic rings. The van der Waals surface area contributed by atoms with Gasteiger partial charge in [-0.15, -0.1) is 0 Å². The summed E-state index contributed by atoms with van der Waals surface area (Å²) in [6, 6.07) is 0. The highest BCUT2D eigenvalue weighted by atomic mass is 16.3. The van der Waals surface area contributed by atoms with Crippen LogP contribution < -0.4 is 0 Å². The van der Waals surface area contributed by atoms with E-state index in [1.807, 2.05) is 0 Å². The molecule has 6 atom stereocenters. The molecule has 31 heavy (non-hydrogen) atoms. The second-order valence-electron chi connectivity index (χ2n) is 13.1. The lowest BCUT2D eigenvalue weighted by atomic mass is 9.53. The molecule has 0 unspecified atom stereocenters. The molecule has 3 fully saturated rings. The van der Waals surface area contributed by atoms with Crippen molar-refractivity contribution in [2.45, 2.75) is 126 Å². The highest BCUT2D eigenvalue weighted by molar-refractivity contribution is 5.32. The van der Waals surface area contributed by atoms with Crippen molar-refractivity contribution in [2.75, 3.05) is 0 Å². The first kappa shape index (κ1) is 25.1. The van der Waals surface area contributed by atoms with Crippen LogP contribution in [0.3, 0.4) is 0 Å². The van der Waals surface area contributed by atoms with E-state index in [1.54, 1.807) is 5.57 Å². The van der Waals surface area contributed by atoms with Crippen molar-refractivity contribution in [1.29, 1.82) is 0 Å². The van der Waals surface area contributed by atoms with E-state index in [1.165, 1.54) is 56.9 Å². The van der Waals surface area contributed by atoms with Gasteiger partial charge in [0.1, 0.15) is 0 Å². The molecule has 0 aromatic carbocycles. The van der Waals surface area contributed by atoms with Crippen LogP contribution in [0.25, 0.3) is 0 Å². The predicted octanol–water partition coefficient (Wildman–Crippen LogP) is 8.73. The molecule has 3 saturated carbocycles. The number of fused-ring (bicyclic) bond motifs is 1. The highest BCUT2D eigenvalue weighted by Crippen LogP contribution is 2.67. The molecule has 178 valence electrons. The first-order valence-corrected chi connectivity index (χ1v) is 13.5. The summed E-state index contributed by atoms with van der Waals surface area (Å²) in [4.78, 5) is 0. The zero-order valence-electron chi connectivity index (χ0n) is 22.1. The van der Waals surface area contributed by atoms with E-state index in [4.69, 9.17) is 0 Å². The molecular weight excluding hydrogens is 376 g/mol. The first-order valence-electron chi connectivity index (χ1n) is 13.5. The van der Waals surface area contributed by atoms with Crippen LogP contribution in [0.4, 0.5) is 0 Å². The van der Waals surface area contributed by atoms with Gasteiger partial charge in [-0.25, -0.2) is 0 Å². The van der Waals surface area contributed by atoms with Crippen molar-refractivity contribution < 1.29 is 5.11 Å². The van der Waals surface area contributed by atoms with E-state index < -0.39 is 0 Å². The third kappa shape index (κ3) is 4.60. The molecule has 1 heteroatoms. The summed E-state index contributed by atoms with van der Waals surface area (Å²) in [5.41, 5.74) is 3.86. The van der Waals surface area contributed by atoms with Gasteiger partial charge in [0.25, 0.3) is 0 Å². The van der Waals surface area contributed by atoms with Crippen molar-refractivity contribution >= 4 is 0 Å². The van der Waals surface area contributed by atoms with E-state index in [2.05, 4.69) is 67.5 Å². The van der Waals surface area contributed by atoms with Crippen LogP contribution in [0.2, 0.25) is 0 Å². The molecule has 1 nitrogen and oxygen atoms in total. The van der Waals surface area contributed by atoms with Crippen LogP contribution in [0.1, 0.15) is 120 Å². The number of aliphatic hydroxyl groups is 1. The minimum atomic E-state index is -0.205. The van der Waals surface area contributed by atoms with E-state index in [9.17, 15) is 5.11 Å². The fourth-order valence-corrected chi connectivity index (χ4v) is 7.92. The minimum Gasteiger partial charge on any atom is -0.392 e. The Kier molecular flexibility index (Phi) is 7.57. The monoisotopic (exact) mass is 428 g/mol. The lowest BCUT2D eigenvalue weighted by Gasteiger charge is -2.51. The summed E-state index contributed by atoms with van der Waals surface area (Å²) >= 11 is 0. The molecule has 1 N–H and O–H groups in total. The Labute approximate surface area is 194 Å². The fraction of sp³-hybridized carbons (Fsp3) is 0.867. The summed E-state index contributed by atoms with van der Waals surface area (Å²) in [5, 5.41) is 10.6. The normalized spacial score (nSPS) is 41.7. The van der Waals surface area contributed by atoms with Gasteiger partial charge in [-0.1, -0.05) is 98.0 Å². The molecule has 0 bridgehead atoms. The molecule has 0 spiro atoms. The van der Waals surface area contributed by atoms with E-state index in [-0.39, 0.29) is 11.5 Å². The Hall–Kier alpha value is -0.560. The van der Waals surface area contributed by atoms with Crippen LogP contribution in [-0.4, -0.2) is 11.2 Å². The maximum atomic E-state index is 10.6. The third-order valence-electron chi connectivity index (χ3n) is 10.5. The third-order valence-corrected chi connectivity index (χ3v) is 10.5. The number of hydrogen-bond acceptors (Lipinski definition) is 1. The Morgan fingerprint density at radius 1 is 0.968 bits per heavy atom. The Bertz CT molecular complexity index is 683. The molecule has 0 aromatic rings. The lowest BCUT2D eigenvalue weighted by molar-refractivity contribution is 0.0335. The van der Waals surface area contributed by atoms with Gasteiger partial charge in [-0.2, -0.15) is 0 Å². The van der Waals surface area contributed by atoms with Gasteiger partial charge in [0, 0.05) is 5.41 Å². The van der Waals surface area contributed by atoms with Gasteiger partial charge in [0.05, 0.1) is 6.10 Å². The minimum absolute atomic E-state index is 0.100. The zero-order chi connectivity index (χ0) is 23.0. The number of hydrogen-bond donors (Lipinski definition) is 1. The predicted molar refractivity (Wildman–Crippen MR) is 135 cm³/mol. The molecule has 0 saturated heterocycles. The zero-order valence-corrected chi connectivity index (χ0v) is 22.1. The standard InChI is InChI=1S/C30H52O/c1-21(2)11-9-12-22(3)26-18-20-29(7)24(13-10-19-30(26,29)8)15-16-25-23(4)14-17-27(31)28(25,5)6/h15-16,21-23,26-27,31H,9-14,17-20H2,1-8H3/b24-15+,25-16+/t22-,23+,26-,27+,29+,30-/m1/s1. The molecular formula is C30H52O. The van der Waals surface area contributed by atoms with Crippen molar-refractivity contribution in [3.63, 3.8) is 0 Å². The van der Waals surface area contributed by atoms with E-state index in [0.717, 1.165) is 30.6 Å². The smallest absolute Gasteiger partial charge is 0.0628 e. The van der Waals surface area contributed by atoms with Gasteiger partial charge in [-0.3, -0.25) is 0 Å². The highest BCUT2D eigenvalue weighted by Gasteiger charge is 2.57. The molecule has 3 aliphatic carbocycles. The summed E-state index contributed by atoms with van der Waals surface area (Å²) in [7, 11) is 0. The van der Waals surface area contributed by atoms with Gasteiger partial charge < -0.3 is 5.11 Å². The molecule has 0 aliphatic heterocycles. The maximum Gasteiger partial charge on any atom is 0.0628 e. The van der Waals surface area contributed by atoms with Crippen LogP contribution in [0.15, 0.2) is 23.3 Å². The van der Waals surface area contributed by atoms with Gasteiger partial charge in [0.2, 0.25) is 0 Å². The lowest BCUT2D eigenvalue weighted by Crippen LogP contribution is -2.43. The topological polar surface area (TPSA) is 20.2 Å². The SMILES string of the molecule is CC(C)CCC[C@@H](C)[C@H]1CC[C@@]2(C)/C(=C/C=C3\[C@@H](C)CC[C@H](O)C3(C)C)CCC[C@]12C. The number of rotatable bonds is 6. The van der Waals surface area contributed by atoms with Gasteiger partial charge in [-0.05, 0) is 79.4 Å². The first-order chi connectivity index (χ1) is 14.4. The Morgan fingerprint density at radius 3 is 2.35 bits per heavy atom. The van der Waals surface area contributed by atoms with E-state index >= 15 is 0 Å². The van der Waals surface area contributed by atoms with Crippen LogP contribution in [0.5, 0.6) is 0 Å². The second kappa shape index (κ2) is 9.36. The molecule has 0 aromatic heterocycles. The number of aliphatic hydroxyl groups excluding tert-OH is 1. The summed E-state index contributed by atoms with van der Waals surface area (Å²) in [5.74, 6) is 3.12. The molecule has 0 radical (unpaired) electrons. The largest absolute Gasteiger partial charge is 0.392 e. The summed E-state index contributed by atoms with van der Waals surface area (Å²) < 4.78 is 0. The van der Waals surface area contributed by atoms with E-state index in [0.29, 0.717) is 16.7 Å². The van der Waals surface area contributed by atoms with Gasteiger partial charge >= 0.3 is 0 Å². The quantitative estimate of drug-likeness (QED) is 0.448. The summed E-state index contributed by atoms with van der Waals surface area (Å²) in [6.07, 6.45) is 17.8. The van der Waals surface area contributed by atoms with Crippen molar-refractivity contribution in [3.8, 4) is 0 Å². The van der Waals surface area contributed by atoms with Crippen molar-refractivity contribution in [3.05, 3.63) is 23.3 Å². The van der Waals surface area contributed by atoms with Crippen LogP contribution >= 0.6 is 0 Å². The fourth-order valence-electron chi connectivity index (χ4n) is 7.92. The number of allylic oxidation sites excluding steroid dienone is 3. The van der Waals surface area contributed by atoms with Gasteiger partial charge in [0.15, 0.2) is 0 Å². The molecule has 3 rings (SSSR count).